The predicted octanol–water partition coefficient (Wildman–Crippen LogP) is 2.46. The molecule has 118 valence electrons. The fourth-order valence-electron chi connectivity index (χ4n) is 2.73. The first-order chi connectivity index (χ1) is 10.1. The Balaban J connectivity index is 0.00000176. The number of carbonyl (C=O) groups is 1. The molecule has 1 saturated heterocycles. The van der Waals surface area contributed by atoms with Crippen molar-refractivity contribution in [2.75, 3.05) is 18.4 Å². The number of amides is 1. The molecule has 22 heavy (non-hydrogen) atoms. The SMILES string of the molecule is Cc1cc(C)n(-c2cccc(NC(=O)C3CCNC3)c2)n1.Cl. The van der Waals surface area contributed by atoms with Crippen LogP contribution in [0.1, 0.15) is 17.8 Å². The van der Waals surface area contributed by atoms with Gasteiger partial charge in [-0.3, -0.25) is 4.79 Å². The molecule has 1 aromatic heterocycles. The van der Waals surface area contributed by atoms with E-state index in [-0.39, 0.29) is 24.2 Å². The molecule has 2 N–H and O–H groups in total. The Bertz CT molecular complexity index is 662. The minimum absolute atomic E-state index is 0. The van der Waals surface area contributed by atoms with Crippen molar-refractivity contribution in [3.05, 3.63) is 41.7 Å². The maximum atomic E-state index is 12.2. The largest absolute Gasteiger partial charge is 0.326 e. The molecule has 6 heteroatoms. The number of benzene rings is 1. The van der Waals surface area contributed by atoms with Crippen LogP contribution in [0.25, 0.3) is 5.69 Å². The maximum Gasteiger partial charge on any atom is 0.228 e. The van der Waals surface area contributed by atoms with Crippen molar-refractivity contribution in [1.29, 1.82) is 0 Å². The highest BCUT2D eigenvalue weighted by Gasteiger charge is 2.22. The van der Waals surface area contributed by atoms with Gasteiger partial charge in [0.05, 0.1) is 17.3 Å². The van der Waals surface area contributed by atoms with Gasteiger partial charge in [-0.05, 0) is 51.1 Å². The normalized spacial score (nSPS) is 17.1. The third-order valence-corrected chi connectivity index (χ3v) is 3.80. The van der Waals surface area contributed by atoms with Crippen molar-refractivity contribution < 1.29 is 4.79 Å². The zero-order valence-electron chi connectivity index (χ0n) is 12.8. The fourth-order valence-corrected chi connectivity index (χ4v) is 2.73. The summed E-state index contributed by atoms with van der Waals surface area (Å²) in [7, 11) is 0. The van der Waals surface area contributed by atoms with E-state index in [1.165, 1.54) is 0 Å². The van der Waals surface area contributed by atoms with E-state index in [1.54, 1.807) is 0 Å². The average molecular weight is 321 g/mol. The molecule has 1 aromatic carbocycles. The number of carbonyl (C=O) groups excluding carboxylic acids is 1. The molecule has 1 amide bonds. The zero-order chi connectivity index (χ0) is 14.8. The number of nitrogens with zero attached hydrogens (tertiary/aromatic N) is 2. The second-order valence-corrected chi connectivity index (χ2v) is 5.57. The Morgan fingerprint density at radius 2 is 2.18 bits per heavy atom. The highest BCUT2D eigenvalue weighted by Crippen LogP contribution is 2.18. The van der Waals surface area contributed by atoms with Gasteiger partial charge in [-0.2, -0.15) is 5.10 Å². The first-order valence-corrected chi connectivity index (χ1v) is 7.29. The van der Waals surface area contributed by atoms with Crippen LogP contribution in [0.4, 0.5) is 5.69 Å². The van der Waals surface area contributed by atoms with Crippen LogP contribution in [0, 0.1) is 19.8 Å². The van der Waals surface area contributed by atoms with Gasteiger partial charge in [0.25, 0.3) is 0 Å². The molecule has 1 unspecified atom stereocenters. The standard InChI is InChI=1S/C16H20N4O.ClH/c1-11-8-12(2)20(19-11)15-5-3-4-14(9-15)18-16(21)13-6-7-17-10-13;/h3-5,8-9,13,17H,6-7,10H2,1-2H3,(H,18,21);1H. The molecule has 1 aliphatic heterocycles. The van der Waals surface area contributed by atoms with Gasteiger partial charge in [-0.1, -0.05) is 6.07 Å². The van der Waals surface area contributed by atoms with E-state index in [4.69, 9.17) is 0 Å². The van der Waals surface area contributed by atoms with Crippen LogP contribution < -0.4 is 10.6 Å². The summed E-state index contributed by atoms with van der Waals surface area (Å²) in [5.41, 5.74) is 3.84. The van der Waals surface area contributed by atoms with E-state index in [0.717, 1.165) is 42.3 Å². The lowest BCUT2D eigenvalue weighted by atomic mass is 10.1. The van der Waals surface area contributed by atoms with Gasteiger partial charge in [0, 0.05) is 17.9 Å². The predicted molar refractivity (Wildman–Crippen MR) is 89.9 cm³/mol. The van der Waals surface area contributed by atoms with Gasteiger partial charge < -0.3 is 10.6 Å². The van der Waals surface area contributed by atoms with Crippen LogP contribution in [0.3, 0.4) is 0 Å². The molecule has 0 saturated carbocycles. The van der Waals surface area contributed by atoms with Crippen LogP contribution in [0.15, 0.2) is 30.3 Å². The van der Waals surface area contributed by atoms with E-state index in [2.05, 4.69) is 15.7 Å². The molecule has 0 spiro atoms. The molecule has 2 aromatic rings. The summed E-state index contributed by atoms with van der Waals surface area (Å²) in [6.07, 6.45) is 0.906. The number of aryl methyl sites for hydroxylation is 2. The number of nitrogens with one attached hydrogen (secondary N) is 2. The molecular formula is C16H21ClN4O. The van der Waals surface area contributed by atoms with Crippen LogP contribution in [0.5, 0.6) is 0 Å². The molecule has 1 aliphatic rings. The lowest BCUT2D eigenvalue weighted by Crippen LogP contribution is -2.24. The Kier molecular flexibility index (Phi) is 5.21. The average Bonchev–Trinajstić information content (AvgIpc) is 3.08. The Hall–Kier alpha value is -1.85. The lowest BCUT2D eigenvalue weighted by molar-refractivity contribution is -0.119. The molecule has 3 rings (SSSR count). The molecule has 2 heterocycles. The van der Waals surface area contributed by atoms with Crippen molar-refractivity contribution in [3.8, 4) is 5.69 Å². The Morgan fingerprint density at radius 3 is 2.82 bits per heavy atom. The summed E-state index contributed by atoms with van der Waals surface area (Å²) in [5.74, 6) is 0.160. The monoisotopic (exact) mass is 320 g/mol. The minimum Gasteiger partial charge on any atom is -0.326 e. The molecule has 0 radical (unpaired) electrons. The first-order valence-electron chi connectivity index (χ1n) is 7.29. The number of aromatic nitrogens is 2. The van der Waals surface area contributed by atoms with E-state index in [1.807, 2.05) is 48.9 Å². The van der Waals surface area contributed by atoms with Crippen LogP contribution >= 0.6 is 12.4 Å². The van der Waals surface area contributed by atoms with Gasteiger partial charge in [0.15, 0.2) is 0 Å². The third kappa shape index (κ3) is 3.48. The highest BCUT2D eigenvalue weighted by atomic mass is 35.5. The number of hydrogen-bond donors (Lipinski definition) is 2. The van der Waals surface area contributed by atoms with Gasteiger partial charge >= 0.3 is 0 Å². The first kappa shape index (κ1) is 16.5. The van der Waals surface area contributed by atoms with Crippen molar-refractivity contribution in [2.24, 2.45) is 5.92 Å². The quantitative estimate of drug-likeness (QED) is 0.913. The van der Waals surface area contributed by atoms with E-state index in [0.29, 0.717) is 0 Å². The molecule has 0 bridgehead atoms. The van der Waals surface area contributed by atoms with E-state index < -0.39 is 0 Å². The van der Waals surface area contributed by atoms with Crippen LogP contribution in [-0.4, -0.2) is 28.8 Å². The summed E-state index contributed by atoms with van der Waals surface area (Å²) in [6.45, 7) is 5.69. The smallest absolute Gasteiger partial charge is 0.228 e. The molecule has 1 atom stereocenters. The molecule has 0 aliphatic carbocycles. The fraction of sp³-hybridized carbons (Fsp3) is 0.375. The van der Waals surface area contributed by atoms with Crippen molar-refractivity contribution in [3.63, 3.8) is 0 Å². The Labute approximate surface area is 136 Å². The maximum absolute atomic E-state index is 12.2. The Morgan fingerprint density at radius 1 is 1.36 bits per heavy atom. The summed E-state index contributed by atoms with van der Waals surface area (Å²) < 4.78 is 1.89. The van der Waals surface area contributed by atoms with Crippen LogP contribution in [0.2, 0.25) is 0 Å². The van der Waals surface area contributed by atoms with Gasteiger partial charge in [-0.15, -0.1) is 12.4 Å². The van der Waals surface area contributed by atoms with Crippen molar-refractivity contribution >= 4 is 24.0 Å². The molecule has 5 nitrogen and oxygen atoms in total. The topological polar surface area (TPSA) is 59.0 Å². The summed E-state index contributed by atoms with van der Waals surface area (Å²) in [6, 6.07) is 9.84. The van der Waals surface area contributed by atoms with Crippen LogP contribution in [-0.2, 0) is 4.79 Å². The minimum atomic E-state index is 0. The number of hydrogen-bond acceptors (Lipinski definition) is 3. The van der Waals surface area contributed by atoms with Gasteiger partial charge in [-0.25, -0.2) is 4.68 Å². The third-order valence-electron chi connectivity index (χ3n) is 3.80. The van der Waals surface area contributed by atoms with Gasteiger partial charge in [0.2, 0.25) is 5.91 Å². The van der Waals surface area contributed by atoms with Gasteiger partial charge in [0.1, 0.15) is 0 Å². The second kappa shape index (κ2) is 6.94. The van der Waals surface area contributed by atoms with Crippen molar-refractivity contribution in [1.82, 2.24) is 15.1 Å². The number of rotatable bonds is 3. The number of halogens is 1. The highest BCUT2D eigenvalue weighted by molar-refractivity contribution is 5.93. The van der Waals surface area contributed by atoms with E-state index >= 15 is 0 Å². The summed E-state index contributed by atoms with van der Waals surface area (Å²) in [4.78, 5) is 12.2. The molecular weight excluding hydrogens is 300 g/mol. The molecule has 1 fully saturated rings. The lowest BCUT2D eigenvalue weighted by Gasteiger charge is -2.11. The second-order valence-electron chi connectivity index (χ2n) is 5.57. The zero-order valence-corrected chi connectivity index (χ0v) is 13.6. The van der Waals surface area contributed by atoms with E-state index in [9.17, 15) is 4.79 Å². The van der Waals surface area contributed by atoms with Crippen molar-refractivity contribution in [2.45, 2.75) is 20.3 Å². The number of anilines is 1. The summed E-state index contributed by atoms with van der Waals surface area (Å²) in [5, 5.41) is 10.7. The summed E-state index contributed by atoms with van der Waals surface area (Å²) >= 11 is 0.